The Bertz CT molecular complexity index is 1360. The fraction of sp³-hybridized carbons (Fsp3) is 0.125. The summed E-state index contributed by atoms with van der Waals surface area (Å²) < 4.78 is 5.26. The van der Waals surface area contributed by atoms with E-state index in [2.05, 4.69) is 5.32 Å². The minimum atomic E-state index is -0.679. The van der Waals surface area contributed by atoms with Crippen LogP contribution in [0, 0.1) is 0 Å². The van der Waals surface area contributed by atoms with Gasteiger partial charge in [0.05, 0.1) is 4.88 Å². The van der Waals surface area contributed by atoms with Gasteiger partial charge in [-0.05, 0) is 60.2 Å². The number of amides is 2. The number of fused-ring (bicyclic) bond motifs is 2. The van der Waals surface area contributed by atoms with Gasteiger partial charge in [-0.15, -0.1) is 11.3 Å². The quantitative estimate of drug-likeness (QED) is 0.478. The van der Waals surface area contributed by atoms with E-state index < -0.39 is 11.5 Å². The average molecular weight is 430 g/mol. The molecule has 31 heavy (non-hydrogen) atoms. The molecule has 2 aromatic heterocycles. The molecule has 0 radical (unpaired) electrons. The second-order valence-corrected chi connectivity index (χ2v) is 8.27. The lowest BCUT2D eigenvalue weighted by Crippen LogP contribution is -2.35. The molecule has 1 N–H and O–H groups in total. The summed E-state index contributed by atoms with van der Waals surface area (Å²) >= 11 is 1.42. The number of nitrogens with one attached hydrogen (secondary N) is 1. The standard InChI is InChI=1S/C24H18N2O4S/c27-22(18-14-16-5-1-2-7-20(16)30-24(18)29)25-17-9-10-19-15(13-17)6-3-11-26(19)23(28)21-8-4-12-31-21/h1-2,4-5,7-10,12-14H,3,6,11H2,(H,25,27). The van der Waals surface area contributed by atoms with Crippen molar-refractivity contribution in [1.82, 2.24) is 0 Å². The van der Waals surface area contributed by atoms with Crippen LogP contribution in [0.1, 0.15) is 32.0 Å². The number of para-hydroxylation sites is 1. The Morgan fingerprint density at radius 2 is 1.90 bits per heavy atom. The van der Waals surface area contributed by atoms with Gasteiger partial charge < -0.3 is 14.6 Å². The maximum absolute atomic E-state index is 12.8. The summed E-state index contributed by atoms with van der Waals surface area (Å²) in [4.78, 5) is 40.3. The summed E-state index contributed by atoms with van der Waals surface area (Å²) in [7, 11) is 0. The van der Waals surface area contributed by atoms with E-state index in [0.29, 0.717) is 28.1 Å². The molecular weight excluding hydrogens is 412 g/mol. The van der Waals surface area contributed by atoms with E-state index >= 15 is 0 Å². The van der Waals surface area contributed by atoms with Crippen LogP contribution in [0.2, 0.25) is 0 Å². The molecule has 1 aliphatic heterocycles. The summed E-state index contributed by atoms with van der Waals surface area (Å²) in [5.41, 5.74) is 2.12. The highest BCUT2D eigenvalue weighted by Gasteiger charge is 2.24. The van der Waals surface area contributed by atoms with Gasteiger partial charge in [0.1, 0.15) is 11.1 Å². The van der Waals surface area contributed by atoms with Crippen LogP contribution < -0.4 is 15.8 Å². The van der Waals surface area contributed by atoms with Crippen molar-refractivity contribution in [2.45, 2.75) is 12.8 Å². The first-order valence-electron chi connectivity index (χ1n) is 9.93. The van der Waals surface area contributed by atoms with Crippen molar-refractivity contribution >= 4 is 45.5 Å². The molecule has 2 aromatic carbocycles. The Morgan fingerprint density at radius 1 is 1.03 bits per heavy atom. The molecule has 6 nitrogen and oxygen atoms in total. The number of anilines is 2. The van der Waals surface area contributed by atoms with Crippen molar-refractivity contribution in [2.75, 3.05) is 16.8 Å². The minimum Gasteiger partial charge on any atom is -0.422 e. The molecule has 0 saturated carbocycles. The Kier molecular flexibility index (Phi) is 4.88. The molecule has 0 fully saturated rings. The molecule has 7 heteroatoms. The molecule has 5 rings (SSSR count). The number of aryl methyl sites for hydroxylation is 1. The Morgan fingerprint density at radius 3 is 2.74 bits per heavy atom. The number of hydrogen-bond donors (Lipinski definition) is 1. The highest BCUT2D eigenvalue weighted by molar-refractivity contribution is 7.12. The van der Waals surface area contributed by atoms with Gasteiger partial charge in [0, 0.05) is 23.3 Å². The van der Waals surface area contributed by atoms with Crippen LogP contribution in [-0.2, 0) is 6.42 Å². The lowest BCUT2D eigenvalue weighted by Gasteiger charge is -2.29. The van der Waals surface area contributed by atoms with Crippen molar-refractivity contribution < 1.29 is 14.0 Å². The number of thiophene rings is 1. The Balaban J connectivity index is 1.41. The van der Waals surface area contributed by atoms with Gasteiger partial charge in [0.25, 0.3) is 11.8 Å². The second-order valence-electron chi connectivity index (χ2n) is 7.32. The van der Waals surface area contributed by atoms with Gasteiger partial charge in [-0.3, -0.25) is 9.59 Å². The number of hydrogen-bond acceptors (Lipinski definition) is 5. The fourth-order valence-electron chi connectivity index (χ4n) is 3.84. The SMILES string of the molecule is O=C(Nc1ccc2c(c1)CCCN2C(=O)c1cccs1)c1cc2ccccc2oc1=O. The summed E-state index contributed by atoms with van der Waals surface area (Å²) in [6.45, 7) is 0.660. The minimum absolute atomic E-state index is 0.0125. The molecule has 0 bridgehead atoms. The molecular formula is C24H18N2O4S. The molecule has 2 amide bonds. The van der Waals surface area contributed by atoms with Crippen molar-refractivity contribution in [2.24, 2.45) is 0 Å². The fourth-order valence-corrected chi connectivity index (χ4v) is 4.51. The molecule has 0 saturated heterocycles. The number of carbonyl (C=O) groups is 2. The lowest BCUT2D eigenvalue weighted by atomic mass is 10.0. The number of carbonyl (C=O) groups excluding carboxylic acids is 2. The Hall–Kier alpha value is -3.71. The zero-order valence-electron chi connectivity index (χ0n) is 16.5. The van der Waals surface area contributed by atoms with E-state index in [0.717, 1.165) is 24.1 Å². The third kappa shape index (κ3) is 3.64. The lowest BCUT2D eigenvalue weighted by molar-refractivity contribution is 0.0986. The number of nitrogens with zero attached hydrogens (tertiary/aromatic N) is 1. The van der Waals surface area contributed by atoms with Crippen LogP contribution in [0.5, 0.6) is 0 Å². The van der Waals surface area contributed by atoms with E-state index in [9.17, 15) is 14.4 Å². The van der Waals surface area contributed by atoms with E-state index in [-0.39, 0.29) is 11.5 Å². The monoisotopic (exact) mass is 430 g/mol. The predicted molar refractivity (Wildman–Crippen MR) is 121 cm³/mol. The molecule has 1 aliphatic rings. The molecule has 0 aliphatic carbocycles. The zero-order chi connectivity index (χ0) is 21.4. The summed E-state index contributed by atoms with van der Waals surface area (Å²) in [6.07, 6.45) is 1.65. The van der Waals surface area contributed by atoms with Crippen LogP contribution in [0.25, 0.3) is 11.0 Å². The van der Waals surface area contributed by atoms with Crippen LogP contribution in [0.3, 0.4) is 0 Å². The third-order valence-electron chi connectivity index (χ3n) is 5.32. The first-order chi connectivity index (χ1) is 15.1. The third-order valence-corrected chi connectivity index (χ3v) is 6.18. The van der Waals surface area contributed by atoms with Gasteiger partial charge in [0.15, 0.2) is 0 Å². The van der Waals surface area contributed by atoms with Crippen LogP contribution >= 0.6 is 11.3 Å². The van der Waals surface area contributed by atoms with Crippen molar-refractivity contribution in [3.8, 4) is 0 Å². The van der Waals surface area contributed by atoms with Crippen molar-refractivity contribution in [1.29, 1.82) is 0 Å². The smallest absolute Gasteiger partial charge is 0.349 e. The highest BCUT2D eigenvalue weighted by atomic mass is 32.1. The second kappa shape index (κ2) is 7.85. The van der Waals surface area contributed by atoms with Gasteiger partial charge in [0.2, 0.25) is 0 Å². The van der Waals surface area contributed by atoms with E-state index in [1.807, 2.05) is 35.7 Å². The molecule has 0 atom stereocenters. The van der Waals surface area contributed by atoms with Crippen molar-refractivity contribution in [3.05, 3.63) is 92.5 Å². The maximum atomic E-state index is 12.8. The Labute approximate surface area is 181 Å². The first-order valence-corrected chi connectivity index (χ1v) is 10.8. The first kappa shape index (κ1) is 19.3. The zero-order valence-corrected chi connectivity index (χ0v) is 17.3. The van der Waals surface area contributed by atoms with Gasteiger partial charge in [-0.2, -0.15) is 0 Å². The van der Waals surface area contributed by atoms with E-state index in [1.54, 1.807) is 29.2 Å². The predicted octanol–water partition coefficient (Wildman–Crippen LogP) is 4.70. The van der Waals surface area contributed by atoms with E-state index in [1.165, 1.54) is 17.4 Å². The van der Waals surface area contributed by atoms with Gasteiger partial charge >= 0.3 is 5.63 Å². The van der Waals surface area contributed by atoms with Crippen LogP contribution in [0.4, 0.5) is 11.4 Å². The number of benzene rings is 2. The van der Waals surface area contributed by atoms with Crippen molar-refractivity contribution in [3.63, 3.8) is 0 Å². The normalized spacial score (nSPS) is 13.1. The summed E-state index contributed by atoms with van der Waals surface area (Å²) in [6, 6.07) is 17.7. The van der Waals surface area contributed by atoms with Gasteiger partial charge in [-0.1, -0.05) is 24.3 Å². The summed E-state index contributed by atoms with van der Waals surface area (Å²) in [5.74, 6) is -0.539. The molecule has 0 unspecified atom stereocenters. The molecule has 3 heterocycles. The van der Waals surface area contributed by atoms with Gasteiger partial charge in [-0.25, -0.2) is 4.79 Å². The maximum Gasteiger partial charge on any atom is 0.349 e. The largest absolute Gasteiger partial charge is 0.422 e. The highest BCUT2D eigenvalue weighted by Crippen LogP contribution is 2.31. The summed E-state index contributed by atoms with van der Waals surface area (Å²) in [5, 5.41) is 5.36. The average Bonchev–Trinajstić information content (AvgIpc) is 3.32. The van der Waals surface area contributed by atoms with Crippen LogP contribution in [-0.4, -0.2) is 18.4 Å². The van der Waals surface area contributed by atoms with E-state index in [4.69, 9.17) is 4.42 Å². The molecule has 4 aromatic rings. The molecule has 154 valence electrons. The number of rotatable bonds is 3. The molecule has 0 spiro atoms. The van der Waals surface area contributed by atoms with Crippen LogP contribution in [0.15, 0.2) is 75.3 Å². The topological polar surface area (TPSA) is 79.6 Å².